The van der Waals surface area contributed by atoms with Crippen LogP contribution in [-0.4, -0.2) is 5.71 Å². The van der Waals surface area contributed by atoms with Crippen molar-refractivity contribution in [3.05, 3.63) is 64.2 Å². The first-order valence-electron chi connectivity index (χ1n) is 6.52. The SMILES string of the molecule is C/C(=N/Nc1ccc(Cl)cc1C)c1ccccc1C(F)(F)F. The minimum atomic E-state index is -4.41. The zero-order valence-corrected chi connectivity index (χ0v) is 12.8. The third-order valence-electron chi connectivity index (χ3n) is 3.15. The van der Waals surface area contributed by atoms with Crippen molar-refractivity contribution in [3.8, 4) is 0 Å². The number of halogens is 4. The summed E-state index contributed by atoms with van der Waals surface area (Å²) >= 11 is 5.86. The number of anilines is 1. The fourth-order valence-electron chi connectivity index (χ4n) is 2.00. The molecule has 22 heavy (non-hydrogen) atoms. The molecule has 0 atom stereocenters. The lowest BCUT2D eigenvalue weighted by molar-refractivity contribution is -0.137. The van der Waals surface area contributed by atoms with Crippen LogP contribution in [0.4, 0.5) is 18.9 Å². The highest BCUT2D eigenvalue weighted by Gasteiger charge is 2.33. The van der Waals surface area contributed by atoms with Gasteiger partial charge in [0.05, 0.1) is 17.0 Å². The molecule has 0 aliphatic heterocycles. The van der Waals surface area contributed by atoms with Gasteiger partial charge in [0.15, 0.2) is 0 Å². The molecule has 0 unspecified atom stereocenters. The second kappa shape index (κ2) is 6.40. The molecule has 0 aliphatic rings. The molecule has 0 spiro atoms. The number of rotatable bonds is 3. The van der Waals surface area contributed by atoms with Crippen molar-refractivity contribution in [1.82, 2.24) is 0 Å². The van der Waals surface area contributed by atoms with E-state index in [4.69, 9.17) is 11.6 Å². The lowest BCUT2D eigenvalue weighted by Gasteiger charge is -2.13. The highest BCUT2D eigenvalue weighted by atomic mass is 35.5. The maximum absolute atomic E-state index is 13.0. The Hall–Kier alpha value is -2.01. The normalized spacial score (nSPS) is 12.4. The van der Waals surface area contributed by atoms with Crippen LogP contribution >= 0.6 is 11.6 Å². The molecular weight excluding hydrogens is 313 g/mol. The highest BCUT2D eigenvalue weighted by molar-refractivity contribution is 6.30. The van der Waals surface area contributed by atoms with Gasteiger partial charge in [0.25, 0.3) is 0 Å². The second-order valence-corrected chi connectivity index (χ2v) is 5.25. The molecule has 2 nitrogen and oxygen atoms in total. The summed E-state index contributed by atoms with van der Waals surface area (Å²) in [6.07, 6.45) is -4.41. The summed E-state index contributed by atoms with van der Waals surface area (Å²) in [6.45, 7) is 3.37. The molecule has 0 fully saturated rings. The minimum Gasteiger partial charge on any atom is -0.278 e. The lowest BCUT2D eigenvalue weighted by Crippen LogP contribution is -2.12. The van der Waals surface area contributed by atoms with Gasteiger partial charge in [-0.25, -0.2) is 0 Å². The molecule has 0 radical (unpaired) electrons. The van der Waals surface area contributed by atoms with E-state index in [1.165, 1.54) is 19.1 Å². The molecule has 0 aromatic heterocycles. The monoisotopic (exact) mass is 326 g/mol. The van der Waals surface area contributed by atoms with E-state index in [9.17, 15) is 13.2 Å². The summed E-state index contributed by atoms with van der Waals surface area (Å²) in [5.74, 6) is 0. The van der Waals surface area contributed by atoms with Crippen LogP contribution in [-0.2, 0) is 6.18 Å². The Labute approximate surface area is 131 Å². The van der Waals surface area contributed by atoms with Crippen molar-refractivity contribution in [2.75, 3.05) is 5.43 Å². The van der Waals surface area contributed by atoms with Gasteiger partial charge in [-0.3, -0.25) is 5.43 Å². The number of benzene rings is 2. The third-order valence-corrected chi connectivity index (χ3v) is 3.39. The van der Waals surface area contributed by atoms with Gasteiger partial charge in [0, 0.05) is 10.6 Å². The van der Waals surface area contributed by atoms with Crippen molar-refractivity contribution in [2.24, 2.45) is 5.10 Å². The molecule has 2 aromatic rings. The van der Waals surface area contributed by atoms with Crippen LogP contribution in [0.2, 0.25) is 5.02 Å². The van der Waals surface area contributed by atoms with E-state index in [1.807, 2.05) is 6.92 Å². The number of alkyl halides is 3. The summed E-state index contributed by atoms with van der Waals surface area (Å²) in [5, 5.41) is 4.64. The molecule has 0 heterocycles. The average Bonchev–Trinajstić information content (AvgIpc) is 2.45. The zero-order valence-electron chi connectivity index (χ0n) is 12.0. The molecule has 2 aromatic carbocycles. The van der Waals surface area contributed by atoms with E-state index >= 15 is 0 Å². The van der Waals surface area contributed by atoms with Crippen molar-refractivity contribution in [2.45, 2.75) is 20.0 Å². The van der Waals surface area contributed by atoms with Crippen LogP contribution in [0.1, 0.15) is 23.6 Å². The molecule has 1 N–H and O–H groups in total. The number of hydrazone groups is 1. The standard InChI is InChI=1S/C16H14ClF3N2/c1-10-9-12(17)7-8-15(10)22-21-11(2)13-5-3-4-6-14(13)16(18,19)20/h3-9,22H,1-2H3/b21-11-. The number of hydrogen-bond acceptors (Lipinski definition) is 2. The van der Waals surface area contributed by atoms with Gasteiger partial charge in [-0.05, 0) is 43.7 Å². The lowest BCUT2D eigenvalue weighted by atomic mass is 10.0. The predicted molar refractivity (Wildman–Crippen MR) is 83.5 cm³/mol. The summed E-state index contributed by atoms with van der Waals surface area (Å²) in [4.78, 5) is 0. The van der Waals surface area contributed by atoms with E-state index in [2.05, 4.69) is 10.5 Å². The molecule has 2 rings (SSSR count). The van der Waals surface area contributed by atoms with Crippen LogP contribution in [0.25, 0.3) is 0 Å². The van der Waals surface area contributed by atoms with Gasteiger partial charge in [0.1, 0.15) is 0 Å². The van der Waals surface area contributed by atoms with Crippen LogP contribution in [0.3, 0.4) is 0 Å². The fourth-order valence-corrected chi connectivity index (χ4v) is 2.23. The summed E-state index contributed by atoms with van der Waals surface area (Å²) < 4.78 is 39.0. The molecule has 0 aliphatic carbocycles. The molecule has 6 heteroatoms. The number of nitrogens with zero attached hydrogens (tertiary/aromatic N) is 1. The maximum Gasteiger partial charge on any atom is 0.417 e. The second-order valence-electron chi connectivity index (χ2n) is 4.81. The quantitative estimate of drug-likeness (QED) is 0.584. The Morgan fingerprint density at radius 2 is 1.82 bits per heavy atom. The van der Waals surface area contributed by atoms with E-state index in [1.54, 1.807) is 24.3 Å². The first-order chi connectivity index (χ1) is 10.3. The fraction of sp³-hybridized carbons (Fsp3) is 0.188. The van der Waals surface area contributed by atoms with E-state index in [-0.39, 0.29) is 11.3 Å². The Morgan fingerprint density at radius 3 is 2.45 bits per heavy atom. The predicted octanol–water partition coefficient (Wildman–Crippen LogP) is 5.50. The van der Waals surface area contributed by atoms with Gasteiger partial charge >= 0.3 is 6.18 Å². The van der Waals surface area contributed by atoms with E-state index in [0.717, 1.165) is 11.6 Å². The van der Waals surface area contributed by atoms with Crippen molar-refractivity contribution in [1.29, 1.82) is 0 Å². The van der Waals surface area contributed by atoms with Crippen LogP contribution in [0.5, 0.6) is 0 Å². The van der Waals surface area contributed by atoms with Gasteiger partial charge in [-0.15, -0.1) is 0 Å². The van der Waals surface area contributed by atoms with E-state index < -0.39 is 11.7 Å². The molecule has 0 amide bonds. The molecule has 116 valence electrons. The van der Waals surface area contributed by atoms with Gasteiger partial charge in [0.2, 0.25) is 0 Å². The summed E-state index contributed by atoms with van der Waals surface area (Å²) in [6, 6.07) is 10.5. The number of hydrogen-bond donors (Lipinski definition) is 1. The maximum atomic E-state index is 13.0. The highest BCUT2D eigenvalue weighted by Crippen LogP contribution is 2.32. The van der Waals surface area contributed by atoms with Crippen molar-refractivity contribution < 1.29 is 13.2 Å². The van der Waals surface area contributed by atoms with Crippen LogP contribution in [0.15, 0.2) is 47.6 Å². The summed E-state index contributed by atoms with van der Waals surface area (Å²) in [5.41, 5.74) is 3.92. The first kappa shape index (κ1) is 16.4. The van der Waals surface area contributed by atoms with Crippen molar-refractivity contribution in [3.63, 3.8) is 0 Å². The topological polar surface area (TPSA) is 24.4 Å². The molecule has 0 saturated carbocycles. The Balaban J connectivity index is 2.30. The van der Waals surface area contributed by atoms with Gasteiger partial charge < -0.3 is 0 Å². The largest absolute Gasteiger partial charge is 0.417 e. The smallest absolute Gasteiger partial charge is 0.278 e. The van der Waals surface area contributed by atoms with Gasteiger partial charge in [-0.1, -0.05) is 29.8 Å². The minimum absolute atomic E-state index is 0.0501. The van der Waals surface area contributed by atoms with Crippen molar-refractivity contribution >= 4 is 23.0 Å². The van der Waals surface area contributed by atoms with Crippen LogP contribution < -0.4 is 5.43 Å². The number of nitrogens with one attached hydrogen (secondary N) is 1. The third kappa shape index (κ3) is 3.80. The molecule has 0 bridgehead atoms. The number of aryl methyl sites for hydroxylation is 1. The van der Waals surface area contributed by atoms with Gasteiger partial charge in [-0.2, -0.15) is 18.3 Å². The zero-order chi connectivity index (χ0) is 16.3. The summed E-state index contributed by atoms with van der Waals surface area (Å²) in [7, 11) is 0. The first-order valence-corrected chi connectivity index (χ1v) is 6.90. The molecule has 0 saturated heterocycles. The average molecular weight is 327 g/mol. The Kier molecular flexibility index (Phi) is 4.76. The molecular formula is C16H14ClF3N2. The Morgan fingerprint density at radius 1 is 1.14 bits per heavy atom. The van der Waals surface area contributed by atoms with E-state index in [0.29, 0.717) is 10.7 Å². The Bertz CT molecular complexity index is 709. The van der Waals surface area contributed by atoms with Crippen LogP contribution in [0, 0.1) is 6.92 Å².